The molecule has 22 heavy (non-hydrogen) atoms. The molecule has 0 bridgehead atoms. The normalized spacial score (nSPS) is 20.8. The third-order valence-electron chi connectivity index (χ3n) is 4.35. The van der Waals surface area contributed by atoms with E-state index in [4.69, 9.17) is 4.74 Å². The molecule has 1 atom stereocenters. The van der Waals surface area contributed by atoms with E-state index < -0.39 is 0 Å². The topological polar surface area (TPSA) is 59.1 Å². The average molecular weight is 296 g/mol. The van der Waals surface area contributed by atoms with Gasteiger partial charge in [0.15, 0.2) is 0 Å². The van der Waals surface area contributed by atoms with Crippen molar-refractivity contribution in [3.8, 4) is 5.88 Å². The fourth-order valence-corrected chi connectivity index (χ4v) is 3.25. The van der Waals surface area contributed by atoms with Gasteiger partial charge in [0.05, 0.1) is 0 Å². The Labute approximate surface area is 130 Å². The molecule has 0 spiro atoms. The zero-order valence-electron chi connectivity index (χ0n) is 12.5. The number of benzene rings is 1. The third-order valence-corrected chi connectivity index (χ3v) is 4.35. The molecule has 5 nitrogen and oxygen atoms in total. The summed E-state index contributed by atoms with van der Waals surface area (Å²) in [4.78, 5) is 8.54. The van der Waals surface area contributed by atoms with Crippen molar-refractivity contribution in [1.29, 1.82) is 0 Å². The summed E-state index contributed by atoms with van der Waals surface area (Å²) in [5.41, 5.74) is 2.87. The maximum absolute atomic E-state index is 5.89. The fraction of sp³-hybridized carbons (Fsp3) is 0.412. The quantitative estimate of drug-likeness (QED) is 0.901. The highest BCUT2D eigenvalue weighted by molar-refractivity contribution is 5.42. The molecule has 0 saturated carbocycles. The van der Waals surface area contributed by atoms with Crippen LogP contribution in [0.25, 0.3) is 0 Å². The fourth-order valence-electron chi connectivity index (χ4n) is 3.25. The molecular weight excluding hydrogens is 276 g/mol. The van der Waals surface area contributed by atoms with Crippen molar-refractivity contribution in [2.75, 3.05) is 18.4 Å². The molecule has 1 unspecified atom stereocenters. The molecule has 1 saturated heterocycles. The summed E-state index contributed by atoms with van der Waals surface area (Å²) < 4.78 is 5.89. The maximum Gasteiger partial charge on any atom is 0.218 e. The molecule has 1 aliphatic heterocycles. The predicted molar refractivity (Wildman–Crippen MR) is 85.2 cm³/mol. The Kier molecular flexibility index (Phi) is 3.64. The molecule has 2 aromatic rings. The van der Waals surface area contributed by atoms with Crippen LogP contribution in [0.5, 0.6) is 5.88 Å². The lowest BCUT2D eigenvalue weighted by molar-refractivity contribution is 0.214. The number of hydrogen-bond acceptors (Lipinski definition) is 5. The predicted octanol–water partition coefficient (Wildman–Crippen LogP) is 1.80. The highest BCUT2D eigenvalue weighted by Crippen LogP contribution is 2.24. The Balaban J connectivity index is 1.41. The molecule has 2 heterocycles. The van der Waals surface area contributed by atoms with Crippen LogP contribution in [0.4, 0.5) is 5.82 Å². The standard InChI is InChI=1S/C17H20N4O/c1-2-4-13-8-14(7-12(13)3-1)21-16-9-17(20-11-19-16)22-15-5-6-18-10-15/h1-4,9,11,14-15,18H,5-8,10H2,(H,19,20,21). The van der Waals surface area contributed by atoms with Gasteiger partial charge in [-0.15, -0.1) is 0 Å². The van der Waals surface area contributed by atoms with Crippen molar-refractivity contribution in [3.05, 3.63) is 47.8 Å². The first-order chi connectivity index (χ1) is 10.9. The Hall–Kier alpha value is -2.14. The van der Waals surface area contributed by atoms with Gasteiger partial charge in [0.2, 0.25) is 5.88 Å². The largest absolute Gasteiger partial charge is 0.473 e. The number of anilines is 1. The van der Waals surface area contributed by atoms with Crippen molar-refractivity contribution >= 4 is 5.82 Å². The second-order valence-corrected chi connectivity index (χ2v) is 5.99. The molecule has 114 valence electrons. The van der Waals surface area contributed by atoms with Gasteiger partial charge in [-0.3, -0.25) is 0 Å². The molecule has 0 radical (unpaired) electrons. The van der Waals surface area contributed by atoms with E-state index in [2.05, 4.69) is 44.9 Å². The molecule has 5 heteroatoms. The lowest BCUT2D eigenvalue weighted by Gasteiger charge is -2.15. The number of nitrogens with one attached hydrogen (secondary N) is 2. The number of fused-ring (bicyclic) bond motifs is 1. The first kappa shape index (κ1) is 13.5. The van der Waals surface area contributed by atoms with E-state index in [1.54, 1.807) is 6.33 Å². The van der Waals surface area contributed by atoms with Gasteiger partial charge in [-0.1, -0.05) is 24.3 Å². The molecular formula is C17H20N4O. The van der Waals surface area contributed by atoms with Crippen LogP contribution in [0.1, 0.15) is 17.5 Å². The summed E-state index contributed by atoms with van der Waals surface area (Å²) in [5.74, 6) is 1.50. The molecule has 1 aromatic heterocycles. The van der Waals surface area contributed by atoms with E-state index in [9.17, 15) is 0 Å². The Bertz CT molecular complexity index is 630. The summed E-state index contributed by atoms with van der Waals surface area (Å²) in [6.45, 7) is 1.91. The van der Waals surface area contributed by atoms with Gasteiger partial charge in [0, 0.05) is 18.7 Å². The number of nitrogens with zero attached hydrogens (tertiary/aromatic N) is 2. The highest BCUT2D eigenvalue weighted by Gasteiger charge is 2.21. The zero-order chi connectivity index (χ0) is 14.8. The number of hydrogen-bond donors (Lipinski definition) is 2. The van der Waals surface area contributed by atoms with Crippen LogP contribution in [0.3, 0.4) is 0 Å². The van der Waals surface area contributed by atoms with Crippen molar-refractivity contribution in [3.63, 3.8) is 0 Å². The minimum atomic E-state index is 0.221. The van der Waals surface area contributed by atoms with Gasteiger partial charge in [-0.2, -0.15) is 0 Å². The molecule has 4 rings (SSSR count). The van der Waals surface area contributed by atoms with Crippen molar-refractivity contribution in [1.82, 2.24) is 15.3 Å². The second-order valence-electron chi connectivity index (χ2n) is 5.99. The Morgan fingerprint density at radius 2 is 1.95 bits per heavy atom. The van der Waals surface area contributed by atoms with Gasteiger partial charge >= 0.3 is 0 Å². The van der Waals surface area contributed by atoms with Gasteiger partial charge in [-0.05, 0) is 36.9 Å². The number of aromatic nitrogens is 2. The maximum atomic E-state index is 5.89. The Morgan fingerprint density at radius 1 is 1.14 bits per heavy atom. The lowest BCUT2D eigenvalue weighted by atomic mass is 10.1. The number of ether oxygens (including phenoxy) is 1. The first-order valence-corrected chi connectivity index (χ1v) is 7.89. The molecule has 2 N–H and O–H groups in total. The van der Waals surface area contributed by atoms with E-state index in [1.165, 1.54) is 11.1 Å². The Morgan fingerprint density at radius 3 is 2.68 bits per heavy atom. The van der Waals surface area contributed by atoms with Crippen LogP contribution in [0, 0.1) is 0 Å². The summed E-state index contributed by atoms with van der Waals surface area (Å²) in [5, 5.41) is 6.80. The average Bonchev–Trinajstić information content (AvgIpc) is 3.16. The van der Waals surface area contributed by atoms with Crippen LogP contribution >= 0.6 is 0 Å². The molecule has 0 amide bonds. The van der Waals surface area contributed by atoms with E-state index in [0.717, 1.165) is 38.2 Å². The first-order valence-electron chi connectivity index (χ1n) is 7.89. The molecule has 1 fully saturated rings. The van der Waals surface area contributed by atoms with Crippen LogP contribution < -0.4 is 15.4 Å². The minimum Gasteiger partial charge on any atom is -0.473 e. The minimum absolute atomic E-state index is 0.221. The molecule has 1 aliphatic carbocycles. The number of rotatable bonds is 4. The summed E-state index contributed by atoms with van der Waals surface area (Å²) in [6, 6.07) is 10.9. The van der Waals surface area contributed by atoms with E-state index in [0.29, 0.717) is 11.9 Å². The van der Waals surface area contributed by atoms with Crippen LogP contribution in [-0.4, -0.2) is 35.2 Å². The van der Waals surface area contributed by atoms with E-state index in [1.807, 2.05) is 6.07 Å². The monoisotopic (exact) mass is 296 g/mol. The second kappa shape index (κ2) is 5.93. The van der Waals surface area contributed by atoms with E-state index in [-0.39, 0.29) is 6.10 Å². The van der Waals surface area contributed by atoms with Crippen molar-refractivity contribution in [2.45, 2.75) is 31.4 Å². The van der Waals surface area contributed by atoms with Gasteiger partial charge in [0.1, 0.15) is 18.2 Å². The summed E-state index contributed by atoms with van der Waals surface area (Å²) in [6.07, 6.45) is 4.91. The molecule has 1 aromatic carbocycles. The smallest absolute Gasteiger partial charge is 0.218 e. The van der Waals surface area contributed by atoms with Gasteiger partial charge in [-0.25, -0.2) is 9.97 Å². The van der Waals surface area contributed by atoms with E-state index >= 15 is 0 Å². The highest BCUT2D eigenvalue weighted by atomic mass is 16.5. The van der Waals surface area contributed by atoms with Crippen LogP contribution in [-0.2, 0) is 12.8 Å². The lowest BCUT2D eigenvalue weighted by Crippen LogP contribution is -2.22. The van der Waals surface area contributed by atoms with Crippen molar-refractivity contribution in [2.24, 2.45) is 0 Å². The zero-order valence-corrected chi connectivity index (χ0v) is 12.5. The SMILES string of the molecule is c1ccc2c(c1)CC(Nc1cc(OC3CCNC3)ncn1)C2. The van der Waals surface area contributed by atoms with Gasteiger partial charge in [0.25, 0.3) is 0 Å². The summed E-state index contributed by atoms with van der Waals surface area (Å²) >= 11 is 0. The van der Waals surface area contributed by atoms with Crippen LogP contribution in [0.2, 0.25) is 0 Å². The van der Waals surface area contributed by atoms with Crippen molar-refractivity contribution < 1.29 is 4.74 Å². The van der Waals surface area contributed by atoms with Gasteiger partial charge < -0.3 is 15.4 Å². The van der Waals surface area contributed by atoms with Crippen LogP contribution in [0.15, 0.2) is 36.7 Å². The third kappa shape index (κ3) is 2.90. The summed E-state index contributed by atoms with van der Waals surface area (Å²) in [7, 11) is 0. The molecule has 2 aliphatic rings.